The van der Waals surface area contributed by atoms with E-state index in [0.717, 1.165) is 11.1 Å². The summed E-state index contributed by atoms with van der Waals surface area (Å²) in [6, 6.07) is 22.1. The average molecular weight is 470 g/mol. The Balaban J connectivity index is 1.53. The van der Waals surface area contributed by atoms with Crippen LogP contribution >= 0.6 is 0 Å². The van der Waals surface area contributed by atoms with Crippen LogP contribution in [0.15, 0.2) is 91.0 Å². The number of carbonyl (C=O) groups is 2. The number of allylic oxidation sites excluding steroid dienone is 3. The number of anilines is 1. The number of methoxy groups -OCH3 is 2. The molecule has 6 nitrogen and oxygen atoms in total. The summed E-state index contributed by atoms with van der Waals surface area (Å²) in [5, 5.41) is 11.4. The van der Waals surface area contributed by atoms with Crippen molar-refractivity contribution in [3.05, 3.63) is 108 Å². The first kappa shape index (κ1) is 24.0. The zero-order valence-electron chi connectivity index (χ0n) is 19.7. The molecule has 1 heterocycles. The van der Waals surface area contributed by atoms with Crippen molar-refractivity contribution in [3.63, 3.8) is 0 Å². The Morgan fingerprint density at radius 1 is 0.943 bits per heavy atom. The second-order valence-corrected chi connectivity index (χ2v) is 8.23. The summed E-state index contributed by atoms with van der Waals surface area (Å²) >= 11 is 0. The molecule has 0 saturated heterocycles. The number of benzene rings is 3. The van der Waals surface area contributed by atoms with Crippen LogP contribution in [0.4, 0.5) is 5.69 Å². The zero-order valence-corrected chi connectivity index (χ0v) is 19.7. The highest BCUT2D eigenvalue weighted by molar-refractivity contribution is 6.09. The smallest absolute Gasteiger partial charge is 0.264 e. The SMILES string of the molecule is COc1ccc(CN2C(=O)C(O)(CC(=O)/C=C/C=C/c3ccccc3)c3ccccc32)cc1OC. The molecule has 1 N–H and O–H groups in total. The number of fused-ring (bicyclic) bond motifs is 1. The van der Waals surface area contributed by atoms with Crippen LogP contribution in [0.1, 0.15) is 23.1 Å². The van der Waals surface area contributed by atoms with Crippen molar-refractivity contribution in [2.75, 3.05) is 19.1 Å². The minimum atomic E-state index is -1.93. The molecule has 1 atom stereocenters. The molecule has 0 saturated carbocycles. The normalized spacial score (nSPS) is 17.2. The van der Waals surface area contributed by atoms with Gasteiger partial charge in [-0.2, -0.15) is 0 Å². The van der Waals surface area contributed by atoms with Gasteiger partial charge in [0.1, 0.15) is 0 Å². The number of ether oxygens (including phenoxy) is 2. The van der Waals surface area contributed by atoms with Crippen LogP contribution in [0, 0.1) is 0 Å². The van der Waals surface area contributed by atoms with Gasteiger partial charge in [-0.25, -0.2) is 0 Å². The molecule has 1 amide bonds. The first-order valence-electron chi connectivity index (χ1n) is 11.2. The lowest BCUT2D eigenvalue weighted by molar-refractivity contribution is -0.140. The molecule has 0 aromatic heterocycles. The quantitative estimate of drug-likeness (QED) is 0.364. The van der Waals surface area contributed by atoms with E-state index < -0.39 is 11.5 Å². The van der Waals surface area contributed by atoms with Gasteiger partial charge in [0.15, 0.2) is 22.9 Å². The third-order valence-electron chi connectivity index (χ3n) is 5.94. The van der Waals surface area contributed by atoms with Crippen LogP contribution in [0.5, 0.6) is 11.5 Å². The van der Waals surface area contributed by atoms with Crippen molar-refractivity contribution in [1.82, 2.24) is 0 Å². The van der Waals surface area contributed by atoms with Gasteiger partial charge in [0.2, 0.25) is 0 Å². The standard InChI is InChI=1S/C29H27NO5/c1-34-26-17-16-22(18-27(26)35-2)20-30-25-15-9-8-14-24(25)29(33,28(30)32)19-23(31)13-7-6-12-21-10-4-3-5-11-21/h3-18,33H,19-20H2,1-2H3/b12-6+,13-7+. The van der Waals surface area contributed by atoms with Gasteiger partial charge in [0.25, 0.3) is 5.91 Å². The molecule has 178 valence electrons. The van der Waals surface area contributed by atoms with Crippen molar-refractivity contribution in [2.45, 2.75) is 18.6 Å². The van der Waals surface area contributed by atoms with Crippen molar-refractivity contribution in [3.8, 4) is 11.5 Å². The number of hydrogen-bond donors (Lipinski definition) is 1. The number of nitrogens with zero attached hydrogens (tertiary/aromatic N) is 1. The summed E-state index contributed by atoms with van der Waals surface area (Å²) in [7, 11) is 3.10. The van der Waals surface area contributed by atoms with E-state index in [-0.39, 0.29) is 18.7 Å². The Morgan fingerprint density at radius 2 is 1.66 bits per heavy atom. The summed E-state index contributed by atoms with van der Waals surface area (Å²) in [5.74, 6) is 0.250. The van der Waals surface area contributed by atoms with Gasteiger partial charge in [0, 0.05) is 5.56 Å². The highest BCUT2D eigenvalue weighted by Gasteiger charge is 2.50. The van der Waals surface area contributed by atoms with E-state index in [4.69, 9.17) is 9.47 Å². The average Bonchev–Trinajstić information content (AvgIpc) is 3.09. The summed E-state index contributed by atoms with van der Waals surface area (Å²) < 4.78 is 10.7. The second kappa shape index (κ2) is 10.4. The predicted octanol–water partition coefficient (Wildman–Crippen LogP) is 4.67. The first-order chi connectivity index (χ1) is 17.0. The lowest BCUT2D eigenvalue weighted by Crippen LogP contribution is -2.41. The lowest BCUT2D eigenvalue weighted by Gasteiger charge is -2.22. The van der Waals surface area contributed by atoms with E-state index in [2.05, 4.69) is 0 Å². The maximum atomic E-state index is 13.4. The van der Waals surface area contributed by atoms with Crippen LogP contribution in [-0.4, -0.2) is 31.0 Å². The molecule has 0 fully saturated rings. The Hall–Kier alpha value is -4.16. The molecule has 1 aliphatic rings. The van der Waals surface area contributed by atoms with Crippen molar-refractivity contribution in [2.24, 2.45) is 0 Å². The molecule has 3 aromatic carbocycles. The number of aliphatic hydroxyl groups is 1. The van der Waals surface area contributed by atoms with E-state index in [9.17, 15) is 14.7 Å². The summed E-state index contributed by atoms with van der Waals surface area (Å²) in [5.41, 5.74) is 0.876. The summed E-state index contributed by atoms with van der Waals surface area (Å²) in [6.07, 6.45) is 6.28. The maximum absolute atomic E-state index is 13.4. The largest absolute Gasteiger partial charge is 0.493 e. The summed E-state index contributed by atoms with van der Waals surface area (Å²) in [4.78, 5) is 27.7. The molecule has 0 spiro atoms. The summed E-state index contributed by atoms with van der Waals surface area (Å²) in [6.45, 7) is 0.211. The molecule has 0 bridgehead atoms. The predicted molar refractivity (Wildman–Crippen MR) is 135 cm³/mol. The van der Waals surface area contributed by atoms with Crippen LogP contribution in [-0.2, 0) is 21.7 Å². The van der Waals surface area contributed by atoms with Gasteiger partial charge in [0.05, 0.1) is 32.9 Å². The van der Waals surface area contributed by atoms with Crippen molar-refractivity contribution in [1.29, 1.82) is 0 Å². The molecule has 4 rings (SSSR count). The number of ketones is 1. The van der Waals surface area contributed by atoms with Gasteiger partial charge in [-0.3, -0.25) is 9.59 Å². The third-order valence-corrected chi connectivity index (χ3v) is 5.94. The number of hydrogen-bond acceptors (Lipinski definition) is 5. The molecule has 0 aliphatic carbocycles. The number of amides is 1. The zero-order chi connectivity index (χ0) is 24.8. The Kier molecular flexibility index (Phi) is 7.13. The van der Waals surface area contributed by atoms with Crippen molar-refractivity contribution >= 4 is 23.5 Å². The van der Waals surface area contributed by atoms with Gasteiger partial charge >= 0.3 is 0 Å². The monoisotopic (exact) mass is 469 g/mol. The fourth-order valence-electron chi connectivity index (χ4n) is 4.20. The molecule has 1 unspecified atom stereocenters. The maximum Gasteiger partial charge on any atom is 0.264 e. The topological polar surface area (TPSA) is 76.1 Å². The van der Waals surface area contributed by atoms with E-state index in [1.807, 2.05) is 42.5 Å². The van der Waals surface area contributed by atoms with Crippen LogP contribution < -0.4 is 14.4 Å². The van der Waals surface area contributed by atoms with Crippen LogP contribution in [0.2, 0.25) is 0 Å². The Morgan fingerprint density at radius 3 is 2.40 bits per heavy atom. The highest BCUT2D eigenvalue weighted by Crippen LogP contribution is 2.43. The number of para-hydroxylation sites is 1. The van der Waals surface area contributed by atoms with E-state index >= 15 is 0 Å². The minimum absolute atomic E-state index is 0.211. The molecular weight excluding hydrogens is 442 g/mol. The first-order valence-corrected chi connectivity index (χ1v) is 11.2. The van der Waals surface area contributed by atoms with Gasteiger partial charge < -0.3 is 19.5 Å². The molecule has 0 radical (unpaired) electrons. The van der Waals surface area contributed by atoms with Crippen molar-refractivity contribution < 1.29 is 24.2 Å². The number of rotatable bonds is 9. The fourth-order valence-corrected chi connectivity index (χ4v) is 4.20. The van der Waals surface area contributed by atoms with E-state index in [1.54, 1.807) is 62.8 Å². The molecule has 6 heteroatoms. The van der Waals surface area contributed by atoms with Crippen LogP contribution in [0.3, 0.4) is 0 Å². The lowest BCUT2D eigenvalue weighted by atomic mass is 9.90. The molecule has 35 heavy (non-hydrogen) atoms. The molecular formula is C29H27NO5. The second-order valence-electron chi connectivity index (χ2n) is 8.23. The van der Waals surface area contributed by atoms with Gasteiger partial charge in [-0.15, -0.1) is 0 Å². The Bertz CT molecular complexity index is 1280. The fraction of sp³-hybridized carbons (Fsp3) is 0.172. The van der Waals surface area contributed by atoms with Crippen LogP contribution in [0.25, 0.3) is 6.08 Å². The van der Waals surface area contributed by atoms with Gasteiger partial charge in [-0.05, 0) is 35.4 Å². The molecule has 3 aromatic rings. The van der Waals surface area contributed by atoms with E-state index in [1.165, 1.54) is 11.0 Å². The van der Waals surface area contributed by atoms with E-state index in [0.29, 0.717) is 22.7 Å². The molecule has 1 aliphatic heterocycles. The highest BCUT2D eigenvalue weighted by atomic mass is 16.5. The van der Waals surface area contributed by atoms with Gasteiger partial charge in [-0.1, -0.05) is 72.8 Å². The number of carbonyl (C=O) groups excluding carboxylic acids is 2. The Labute approximate surface area is 204 Å². The third kappa shape index (κ3) is 5.03. The minimum Gasteiger partial charge on any atom is -0.493 e.